The van der Waals surface area contributed by atoms with Gasteiger partial charge in [0.1, 0.15) is 0 Å². The molecule has 0 bridgehead atoms. The van der Waals surface area contributed by atoms with Crippen molar-refractivity contribution in [2.24, 2.45) is 0 Å². The van der Waals surface area contributed by atoms with E-state index < -0.39 is 0 Å². The SMILES string of the molecule is CC(C)OC(=O)N1CC(I)C1. The Balaban J connectivity index is 2.21. The van der Waals surface area contributed by atoms with Crippen LogP contribution in [0.25, 0.3) is 0 Å². The van der Waals surface area contributed by atoms with Crippen molar-refractivity contribution in [3.05, 3.63) is 0 Å². The molecule has 0 spiro atoms. The van der Waals surface area contributed by atoms with Crippen molar-refractivity contribution in [2.75, 3.05) is 13.1 Å². The van der Waals surface area contributed by atoms with E-state index in [1.165, 1.54) is 0 Å². The first kappa shape index (κ1) is 9.09. The standard InChI is InChI=1S/C7H12INO2/c1-5(2)11-7(10)9-3-6(8)4-9/h5-6H,3-4H2,1-2H3. The van der Waals surface area contributed by atoms with Crippen molar-refractivity contribution in [2.45, 2.75) is 23.9 Å². The van der Waals surface area contributed by atoms with Crippen molar-refractivity contribution in [1.82, 2.24) is 4.90 Å². The summed E-state index contributed by atoms with van der Waals surface area (Å²) < 4.78 is 5.60. The summed E-state index contributed by atoms with van der Waals surface area (Å²) >= 11 is 2.33. The number of carbonyl (C=O) groups is 1. The van der Waals surface area contributed by atoms with E-state index in [0.29, 0.717) is 3.92 Å². The second kappa shape index (κ2) is 3.60. The molecule has 1 rings (SSSR count). The molecule has 0 aromatic carbocycles. The highest BCUT2D eigenvalue weighted by molar-refractivity contribution is 14.1. The molecule has 1 aliphatic rings. The number of rotatable bonds is 1. The number of hydrogen-bond donors (Lipinski definition) is 0. The van der Waals surface area contributed by atoms with Gasteiger partial charge in [-0.2, -0.15) is 0 Å². The fraction of sp³-hybridized carbons (Fsp3) is 0.857. The molecule has 64 valence electrons. The molecule has 0 unspecified atom stereocenters. The predicted octanol–water partition coefficient (Wildman–Crippen LogP) is 1.65. The zero-order valence-electron chi connectivity index (χ0n) is 6.71. The molecular formula is C7H12INO2. The fourth-order valence-electron chi connectivity index (χ4n) is 0.850. The van der Waals surface area contributed by atoms with E-state index in [2.05, 4.69) is 22.6 Å². The molecule has 0 aliphatic carbocycles. The molecule has 0 radical (unpaired) electrons. The highest BCUT2D eigenvalue weighted by Gasteiger charge is 2.29. The molecular weight excluding hydrogens is 257 g/mol. The number of likely N-dealkylation sites (tertiary alicyclic amines) is 1. The normalized spacial score (nSPS) is 18.4. The Morgan fingerprint density at radius 3 is 2.55 bits per heavy atom. The maximum atomic E-state index is 11.1. The molecule has 1 aliphatic heterocycles. The Bertz CT molecular complexity index is 155. The van der Waals surface area contributed by atoms with Crippen LogP contribution >= 0.6 is 22.6 Å². The van der Waals surface area contributed by atoms with Gasteiger partial charge in [0.15, 0.2) is 0 Å². The summed E-state index contributed by atoms with van der Waals surface area (Å²) in [5.74, 6) is 0. The van der Waals surface area contributed by atoms with Crippen LogP contribution in [0.5, 0.6) is 0 Å². The summed E-state index contributed by atoms with van der Waals surface area (Å²) in [5, 5.41) is 0. The summed E-state index contributed by atoms with van der Waals surface area (Å²) in [6, 6.07) is 0. The Morgan fingerprint density at radius 1 is 1.64 bits per heavy atom. The van der Waals surface area contributed by atoms with Crippen LogP contribution in [0.15, 0.2) is 0 Å². The predicted molar refractivity (Wildman–Crippen MR) is 51.0 cm³/mol. The highest BCUT2D eigenvalue weighted by Crippen LogP contribution is 2.17. The Morgan fingerprint density at radius 2 is 2.18 bits per heavy atom. The molecule has 1 amide bonds. The minimum Gasteiger partial charge on any atom is -0.447 e. The first-order chi connectivity index (χ1) is 5.09. The molecule has 1 heterocycles. The molecule has 0 N–H and O–H groups in total. The number of nitrogens with zero attached hydrogens (tertiary/aromatic N) is 1. The van der Waals surface area contributed by atoms with Crippen LogP contribution in [0.1, 0.15) is 13.8 Å². The number of ether oxygens (including phenoxy) is 1. The lowest BCUT2D eigenvalue weighted by atomic mass is 10.2. The summed E-state index contributed by atoms with van der Waals surface area (Å²) in [6.07, 6.45) is -0.177. The zero-order valence-corrected chi connectivity index (χ0v) is 8.87. The van der Waals surface area contributed by atoms with Crippen molar-refractivity contribution < 1.29 is 9.53 Å². The number of halogens is 1. The topological polar surface area (TPSA) is 29.5 Å². The first-order valence-corrected chi connectivity index (χ1v) is 4.94. The minimum atomic E-state index is -0.173. The molecule has 1 fully saturated rings. The van der Waals surface area contributed by atoms with Gasteiger partial charge in [0, 0.05) is 17.0 Å². The van der Waals surface area contributed by atoms with Gasteiger partial charge in [-0.05, 0) is 13.8 Å². The van der Waals surface area contributed by atoms with Gasteiger partial charge in [-0.1, -0.05) is 22.6 Å². The Kier molecular flexibility index (Phi) is 2.98. The van der Waals surface area contributed by atoms with Crippen molar-refractivity contribution in [3.8, 4) is 0 Å². The van der Waals surface area contributed by atoms with E-state index in [9.17, 15) is 4.79 Å². The van der Waals surface area contributed by atoms with E-state index in [-0.39, 0.29) is 12.2 Å². The minimum absolute atomic E-state index is 0.00392. The Labute approximate surface area is 80.2 Å². The van der Waals surface area contributed by atoms with Crippen molar-refractivity contribution >= 4 is 28.7 Å². The summed E-state index contributed by atoms with van der Waals surface area (Å²) in [7, 11) is 0. The third kappa shape index (κ3) is 2.50. The number of amides is 1. The average molecular weight is 269 g/mol. The Hall–Kier alpha value is 0. The van der Waals surface area contributed by atoms with Crippen LogP contribution in [0.2, 0.25) is 0 Å². The molecule has 0 aromatic rings. The monoisotopic (exact) mass is 269 g/mol. The van der Waals surface area contributed by atoms with E-state index in [4.69, 9.17) is 4.74 Å². The number of hydrogen-bond acceptors (Lipinski definition) is 2. The average Bonchev–Trinajstić information content (AvgIpc) is 1.79. The fourth-order valence-corrected chi connectivity index (χ4v) is 1.80. The third-order valence-electron chi connectivity index (χ3n) is 1.43. The number of carbonyl (C=O) groups excluding carboxylic acids is 1. The van der Waals surface area contributed by atoms with E-state index >= 15 is 0 Å². The maximum absolute atomic E-state index is 11.1. The lowest BCUT2D eigenvalue weighted by molar-refractivity contribution is 0.0623. The number of alkyl halides is 1. The summed E-state index contributed by atoms with van der Waals surface area (Å²) in [5.41, 5.74) is 0. The van der Waals surface area contributed by atoms with Gasteiger partial charge >= 0.3 is 6.09 Å². The van der Waals surface area contributed by atoms with Gasteiger partial charge < -0.3 is 9.64 Å². The van der Waals surface area contributed by atoms with Crippen LogP contribution in [-0.2, 0) is 4.74 Å². The smallest absolute Gasteiger partial charge is 0.410 e. The first-order valence-electron chi connectivity index (χ1n) is 3.69. The van der Waals surface area contributed by atoms with Crippen molar-refractivity contribution in [1.29, 1.82) is 0 Å². The van der Waals surface area contributed by atoms with Gasteiger partial charge in [-0.25, -0.2) is 4.79 Å². The van der Waals surface area contributed by atoms with Crippen molar-refractivity contribution in [3.63, 3.8) is 0 Å². The maximum Gasteiger partial charge on any atom is 0.410 e. The van der Waals surface area contributed by atoms with Crippen LogP contribution in [-0.4, -0.2) is 34.1 Å². The van der Waals surface area contributed by atoms with E-state index in [0.717, 1.165) is 13.1 Å². The van der Waals surface area contributed by atoms with Gasteiger partial charge in [-0.3, -0.25) is 0 Å². The van der Waals surface area contributed by atoms with Crippen LogP contribution in [0, 0.1) is 0 Å². The highest BCUT2D eigenvalue weighted by atomic mass is 127. The van der Waals surface area contributed by atoms with Gasteiger partial charge in [0.25, 0.3) is 0 Å². The quantitative estimate of drug-likeness (QED) is 0.535. The zero-order chi connectivity index (χ0) is 8.43. The second-order valence-corrected chi connectivity index (χ2v) is 4.70. The van der Waals surface area contributed by atoms with E-state index in [1.54, 1.807) is 4.90 Å². The molecule has 4 heteroatoms. The van der Waals surface area contributed by atoms with Gasteiger partial charge in [-0.15, -0.1) is 0 Å². The molecule has 11 heavy (non-hydrogen) atoms. The molecule has 0 saturated carbocycles. The van der Waals surface area contributed by atoms with E-state index in [1.807, 2.05) is 13.8 Å². The van der Waals surface area contributed by atoms with Gasteiger partial charge in [0.2, 0.25) is 0 Å². The lowest BCUT2D eigenvalue weighted by Crippen LogP contribution is -2.51. The van der Waals surface area contributed by atoms with Crippen LogP contribution < -0.4 is 0 Å². The summed E-state index contributed by atoms with van der Waals surface area (Å²) in [6.45, 7) is 5.40. The third-order valence-corrected chi connectivity index (χ3v) is 2.22. The molecule has 0 atom stereocenters. The van der Waals surface area contributed by atoms with Crippen LogP contribution in [0.3, 0.4) is 0 Å². The molecule has 0 aromatic heterocycles. The largest absolute Gasteiger partial charge is 0.447 e. The molecule has 1 saturated heterocycles. The second-order valence-electron chi connectivity index (χ2n) is 2.93. The lowest BCUT2D eigenvalue weighted by Gasteiger charge is -2.35. The van der Waals surface area contributed by atoms with Gasteiger partial charge in [0.05, 0.1) is 6.10 Å². The summed E-state index contributed by atoms with van der Waals surface area (Å²) in [4.78, 5) is 12.8. The van der Waals surface area contributed by atoms with Crippen LogP contribution in [0.4, 0.5) is 4.79 Å². The molecule has 3 nitrogen and oxygen atoms in total.